The van der Waals surface area contributed by atoms with Crippen LogP contribution >= 0.6 is 27.5 Å². The molecule has 1 heterocycles. The second kappa shape index (κ2) is 7.76. The van der Waals surface area contributed by atoms with Crippen molar-refractivity contribution in [3.05, 3.63) is 33.3 Å². The van der Waals surface area contributed by atoms with Crippen LogP contribution in [0.1, 0.15) is 30.9 Å². The number of nitrogens with zero attached hydrogens (tertiary/aromatic N) is 1. The van der Waals surface area contributed by atoms with Crippen molar-refractivity contribution in [1.82, 2.24) is 4.90 Å². The molecule has 1 unspecified atom stereocenters. The fourth-order valence-electron chi connectivity index (χ4n) is 2.61. The van der Waals surface area contributed by atoms with E-state index >= 15 is 0 Å². The number of nitrogens with two attached hydrogens (primary N) is 1. The first kappa shape index (κ1) is 16.2. The summed E-state index contributed by atoms with van der Waals surface area (Å²) in [6, 6.07) is 6.50. The Morgan fingerprint density at radius 2 is 2.15 bits per heavy atom. The van der Waals surface area contributed by atoms with Gasteiger partial charge in [0.05, 0.1) is 0 Å². The predicted octanol–water partition coefficient (Wildman–Crippen LogP) is 3.60. The van der Waals surface area contributed by atoms with Gasteiger partial charge in [0.1, 0.15) is 0 Å². The maximum absolute atomic E-state index is 6.27. The van der Waals surface area contributed by atoms with E-state index in [-0.39, 0.29) is 6.04 Å². The van der Waals surface area contributed by atoms with E-state index in [0.29, 0.717) is 6.04 Å². The van der Waals surface area contributed by atoms with Gasteiger partial charge in [-0.25, -0.2) is 0 Å². The highest BCUT2D eigenvalue weighted by atomic mass is 79.9. The Kier molecular flexibility index (Phi) is 6.30. The van der Waals surface area contributed by atoms with Gasteiger partial charge in [-0.15, -0.1) is 0 Å². The van der Waals surface area contributed by atoms with E-state index in [1.54, 1.807) is 0 Å². The molecule has 1 aromatic rings. The van der Waals surface area contributed by atoms with E-state index in [1.807, 2.05) is 18.2 Å². The monoisotopic (exact) mass is 360 g/mol. The summed E-state index contributed by atoms with van der Waals surface area (Å²) in [6.45, 7) is 2.73. The quantitative estimate of drug-likeness (QED) is 0.871. The fourth-order valence-corrected chi connectivity index (χ4v) is 3.42. The van der Waals surface area contributed by atoms with E-state index in [2.05, 4.69) is 27.9 Å². The Hall–Kier alpha value is -0.130. The fraction of sp³-hybridized carbons (Fsp3) is 0.600. The molecule has 1 atom stereocenters. The molecule has 0 saturated carbocycles. The highest BCUT2D eigenvalue weighted by molar-refractivity contribution is 9.10. The van der Waals surface area contributed by atoms with E-state index in [9.17, 15) is 0 Å². The molecule has 5 heteroatoms. The van der Waals surface area contributed by atoms with Crippen molar-refractivity contribution < 1.29 is 4.74 Å². The molecule has 0 amide bonds. The molecule has 2 rings (SSSR count). The van der Waals surface area contributed by atoms with Crippen molar-refractivity contribution >= 4 is 27.5 Å². The summed E-state index contributed by atoms with van der Waals surface area (Å²) >= 11 is 9.66. The molecule has 20 heavy (non-hydrogen) atoms. The van der Waals surface area contributed by atoms with Crippen LogP contribution in [0.2, 0.25) is 5.02 Å². The molecule has 0 bridgehead atoms. The van der Waals surface area contributed by atoms with E-state index < -0.39 is 0 Å². The minimum absolute atomic E-state index is 0.0158. The maximum Gasteiger partial charge on any atom is 0.0480 e. The molecule has 0 radical (unpaired) electrons. The summed E-state index contributed by atoms with van der Waals surface area (Å²) in [4.78, 5) is 2.40. The second-order valence-electron chi connectivity index (χ2n) is 5.39. The number of halogens is 2. The molecular weight excluding hydrogens is 340 g/mol. The van der Waals surface area contributed by atoms with Gasteiger partial charge in [0, 0.05) is 34.8 Å². The van der Waals surface area contributed by atoms with E-state index in [1.165, 1.54) is 0 Å². The minimum Gasteiger partial charge on any atom is -0.381 e. The van der Waals surface area contributed by atoms with Crippen molar-refractivity contribution in [2.24, 2.45) is 5.73 Å². The summed E-state index contributed by atoms with van der Waals surface area (Å²) in [5, 5.41) is 0.737. The molecule has 1 fully saturated rings. The molecule has 0 spiro atoms. The largest absolute Gasteiger partial charge is 0.381 e. The Morgan fingerprint density at radius 3 is 2.80 bits per heavy atom. The molecule has 0 aromatic heterocycles. The summed E-state index contributed by atoms with van der Waals surface area (Å²) in [5.41, 5.74) is 7.30. The lowest BCUT2D eigenvalue weighted by Gasteiger charge is -2.31. The molecule has 1 aliphatic heterocycles. The van der Waals surface area contributed by atoms with Crippen molar-refractivity contribution in [3.63, 3.8) is 0 Å². The summed E-state index contributed by atoms with van der Waals surface area (Å²) in [6.07, 6.45) is 3.14. The highest BCUT2D eigenvalue weighted by Gasteiger charge is 2.19. The third-order valence-corrected chi connectivity index (χ3v) is 4.79. The number of rotatable bonds is 5. The molecule has 0 aliphatic carbocycles. The predicted molar refractivity (Wildman–Crippen MR) is 87.2 cm³/mol. The lowest BCUT2D eigenvalue weighted by Crippen LogP contribution is -2.38. The highest BCUT2D eigenvalue weighted by Crippen LogP contribution is 2.27. The molecule has 1 saturated heterocycles. The lowest BCUT2D eigenvalue weighted by atomic mass is 10.0. The molecule has 1 aliphatic rings. The number of ether oxygens (including phenoxy) is 1. The van der Waals surface area contributed by atoms with E-state index in [0.717, 1.165) is 54.1 Å². The summed E-state index contributed by atoms with van der Waals surface area (Å²) in [7, 11) is 2.17. The van der Waals surface area contributed by atoms with Crippen molar-refractivity contribution in [1.29, 1.82) is 0 Å². The van der Waals surface area contributed by atoms with Crippen molar-refractivity contribution in [2.75, 3.05) is 26.8 Å². The van der Waals surface area contributed by atoms with Crippen LogP contribution in [0.4, 0.5) is 0 Å². The van der Waals surface area contributed by atoms with Crippen LogP contribution in [-0.4, -0.2) is 37.7 Å². The molecular formula is C15H22BrClN2O. The van der Waals surface area contributed by atoms with Gasteiger partial charge < -0.3 is 15.4 Å². The first-order chi connectivity index (χ1) is 9.58. The van der Waals surface area contributed by atoms with Crippen LogP contribution in [0.3, 0.4) is 0 Å². The first-order valence-corrected chi connectivity index (χ1v) is 8.23. The van der Waals surface area contributed by atoms with Crippen molar-refractivity contribution in [3.8, 4) is 0 Å². The Balaban J connectivity index is 1.86. The zero-order valence-electron chi connectivity index (χ0n) is 11.8. The third kappa shape index (κ3) is 4.43. The minimum atomic E-state index is -0.0158. The average molecular weight is 362 g/mol. The van der Waals surface area contributed by atoms with Crippen LogP contribution in [-0.2, 0) is 4.74 Å². The Morgan fingerprint density at radius 1 is 1.45 bits per heavy atom. The van der Waals surface area contributed by atoms with Crippen LogP contribution < -0.4 is 5.73 Å². The van der Waals surface area contributed by atoms with Gasteiger partial charge in [-0.1, -0.05) is 33.6 Å². The zero-order chi connectivity index (χ0) is 14.5. The average Bonchev–Trinajstić information content (AvgIpc) is 2.45. The lowest BCUT2D eigenvalue weighted by molar-refractivity contribution is 0.0422. The van der Waals surface area contributed by atoms with Gasteiger partial charge in [0.2, 0.25) is 0 Å². The van der Waals surface area contributed by atoms with E-state index in [4.69, 9.17) is 22.1 Å². The van der Waals surface area contributed by atoms with Crippen LogP contribution in [0, 0.1) is 0 Å². The normalized spacial score (nSPS) is 18.4. The van der Waals surface area contributed by atoms with Crippen LogP contribution in [0.5, 0.6) is 0 Å². The number of benzene rings is 1. The topological polar surface area (TPSA) is 38.5 Å². The van der Waals surface area contributed by atoms with Crippen LogP contribution in [0.25, 0.3) is 0 Å². The smallest absolute Gasteiger partial charge is 0.0480 e. The number of hydrogen-bond donors (Lipinski definition) is 1. The Bertz CT molecular complexity index is 438. The maximum atomic E-state index is 6.27. The Labute approximate surface area is 134 Å². The van der Waals surface area contributed by atoms with Gasteiger partial charge in [-0.05, 0) is 50.6 Å². The van der Waals surface area contributed by atoms with Gasteiger partial charge in [-0.2, -0.15) is 0 Å². The van der Waals surface area contributed by atoms with Crippen LogP contribution in [0.15, 0.2) is 22.7 Å². The second-order valence-corrected chi connectivity index (χ2v) is 6.71. The first-order valence-electron chi connectivity index (χ1n) is 7.06. The molecule has 1 aromatic carbocycles. The summed E-state index contributed by atoms with van der Waals surface area (Å²) < 4.78 is 6.38. The van der Waals surface area contributed by atoms with Crippen molar-refractivity contribution in [2.45, 2.75) is 31.3 Å². The van der Waals surface area contributed by atoms with Gasteiger partial charge in [0.15, 0.2) is 0 Å². The third-order valence-electron chi connectivity index (χ3n) is 3.97. The van der Waals surface area contributed by atoms with Gasteiger partial charge in [0.25, 0.3) is 0 Å². The van der Waals surface area contributed by atoms with Gasteiger partial charge in [-0.3, -0.25) is 0 Å². The number of hydrogen-bond acceptors (Lipinski definition) is 3. The van der Waals surface area contributed by atoms with Gasteiger partial charge >= 0.3 is 0 Å². The molecule has 3 nitrogen and oxygen atoms in total. The zero-order valence-corrected chi connectivity index (χ0v) is 14.2. The summed E-state index contributed by atoms with van der Waals surface area (Å²) in [5.74, 6) is 0. The standard InChI is InChI=1S/C15H22BrClN2O/c1-19(12-5-8-20-9-6-12)7-4-15(18)13-3-2-11(16)10-14(13)17/h2-3,10,12,15H,4-9,18H2,1H3. The molecule has 112 valence electrons. The molecule has 2 N–H and O–H groups in total. The SMILES string of the molecule is CN(CCC(N)c1ccc(Br)cc1Cl)C1CCOCC1.